The molecule has 0 spiro atoms. The summed E-state index contributed by atoms with van der Waals surface area (Å²) in [4.78, 5) is 23.5. The van der Waals surface area contributed by atoms with E-state index in [1.54, 1.807) is 16.3 Å². The van der Waals surface area contributed by atoms with Crippen molar-refractivity contribution in [2.75, 3.05) is 6.61 Å². The van der Waals surface area contributed by atoms with Crippen LogP contribution in [0.2, 0.25) is 0 Å². The Hall–Kier alpha value is -3.64. The van der Waals surface area contributed by atoms with Crippen molar-refractivity contribution < 1.29 is 28.9 Å². The normalized spacial score (nSPS) is 10.8. The molecule has 0 atom stereocenters. The minimum atomic E-state index is -1.06. The highest BCUT2D eigenvalue weighted by atomic mass is 79.9. The van der Waals surface area contributed by atoms with Crippen molar-refractivity contribution in [2.45, 2.75) is 59.9 Å². The molecule has 1 N–H and O–H groups in total. The number of hydrogen-bond donors (Lipinski definition) is 1. The fourth-order valence-electron chi connectivity index (χ4n) is 3.68. The van der Waals surface area contributed by atoms with E-state index < -0.39 is 11.9 Å². The van der Waals surface area contributed by atoms with Gasteiger partial charge in [0, 0.05) is 12.1 Å². The van der Waals surface area contributed by atoms with E-state index in [0.717, 1.165) is 11.1 Å². The van der Waals surface area contributed by atoms with Gasteiger partial charge in [0.05, 0.1) is 6.61 Å². The second-order valence-electron chi connectivity index (χ2n) is 9.59. The molecule has 2 heterocycles. The molecule has 0 bridgehead atoms. The first-order chi connectivity index (χ1) is 20.0. The molecule has 0 aliphatic rings. The van der Waals surface area contributed by atoms with Crippen LogP contribution < -0.4 is 9.47 Å². The van der Waals surface area contributed by atoms with E-state index in [1.165, 1.54) is 0 Å². The first kappa shape index (κ1) is 32.9. The topological polar surface area (TPSA) is 118 Å². The number of benzene rings is 2. The molecule has 12 heteroatoms. The van der Waals surface area contributed by atoms with E-state index >= 15 is 0 Å². The number of halogens is 2. The molecule has 0 aliphatic carbocycles. The molecular formula is C30H34Br2N4O6. The van der Waals surface area contributed by atoms with Gasteiger partial charge < -0.3 is 19.3 Å². The second-order valence-corrected chi connectivity index (χ2v) is 11.1. The SMILES string of the molecule is CC(C)n1nc(OCc2ccccc2)c(C(=O)O)c1Br.CCOC(=O)c1c(OCc2ccccc2)nn(C(C)C)c1Br. The Bertz CT molecular complexity index is 1470. The number of carboxylic acid groups (broad SMARTS) is 1. The zero-order valence-corrected chi connectivity index (χ0v) is 27.3. The fraction of sp³-hybridized carbons (Fsp3) is 0.333. The number of carbonyl (C=O) groups excluding carboxylic acids is 1. The zero-order chi connectivity index (χ0) is 30.8. The molecular weight excluding hydrogens is 672 g/mol. The average molecular weight is 706 g/mol. The Morgan fingerprint density at radius 3 is 1.55 bits per heavy atom. The van der Waals surface area contributed by atoms with Crippen LogP contribution in [0.4, 0.5) is 0 Å². The van der Waals surface area contributed by atoms with E-state index in [4.69, 9.17) is 14.2 Å². The Kier molecular flexibility index (Phi) is 12.2. The molecule has 224 valence electrons. The highest BCUT2D eigenvalue weighted by Gasteiger charge is 2.26. The molecule has 0 amide bonds. The van der Waals surface area contributed by atoms with Gasteiger partial charge in [-0.25, -0.2) is 9.59 Å². The van der Waals surface area contributed by atoms with Gasteiger partial charge in [-0.1, -0.05) is 60.7 Å². The lowest BCUT2D eigenvalue weighted by atomic mass is 10.2. The molecule has 0 saturated carbocycles. The van der Waals surface area contributed by atoms with Crippen molar-refractivity contribution in [1.82, 2.24) is 19.6 Å². The smallest absolute Gasteiger partial charge is 0.346 e. The summed E-state index contributed by atoms with van der Waals surface area (Å²) in [5.41, 5.74) is 2.34. The molecule has 0 fully saturated rings. The Labute approximate surface area is 261 Å². The van der Waals surface area contributed by atoms with Crippen LogP contribution in [-0.4, -0.2) is 43.2 Å². The van der Waals surface area contributed by atoms with Gasteiger partial charge in [-0.2, -0.15) is 0 Å². The van der Waals surface area contributed by atoms with Gasteiger partial charge in [0.25, 0.3) is 0 Å². The van der Waals surface area contributed by atoms with Crippen molar-refractivity contribution >= 4 is 43.8 Å². The van der Waals surface area contributed by atoms with Crippen molar-refractivity contribution in [3.63, 3.8) is 0 Å². The highest BCUT2D eigenvalue weighted by molar-refractivity contribution is 9.10. The first-order valence-corrected chi connectivity index (χ1v) is 14.9. The van der Waals surface area contributed by atoms with Crippen LogP contribution in [0.5, 0.6) is 11.8 Å². The number of aromatic nitrogens is 4. The average Bonchev–Trinajstić information content (AvgIpc) is 3.48. The number of hydrogen-bond acceptors (Lipinski definition) is 7. The van der Waals surface area contributed by atoms with Crippen molar-refractivity contribution in [3.8, 4) is 11.8 Å². The standard InChI is InChI=1S/C16H19BrN2O3.C14H15BrN2O3/c1-4-21-16(20)13-14(17)19(11(2)3)18-15(13)22-10-12-8-6-5-7-9-12;1-9(2)17-12(15)11(14(18)19)13(16-17)20-8-10-6-4-3-5-7-10/h5-9,11H,4,10H2,1-3H3;3-7,9H,8H2,1-2H3,(H,18,19). The highest BCUT2D eigenvalue weighted by Crippen LogP contribution is 2.31. The zero-order valence-electron chi connectivity index (χ0n) is 24.1. The number of rotatable bonds is 11. The maximum absolute atomic E-state index is 12.1. The summed E-state index contributed by atoms with van der Waals surface area (Å²) in [6.45, 7) is 10.5. The summed E-state index contributed by atoms with van der Waals surface area (Å²) in [5, 5.41) is 17.9. The summed E-state index contributed by atoms with van der Waals surface area (Å²) >= 11 is 6.69. The minimum absolute atomic E-state index is 0.0385. The van der Waals surface area contributed by atoms with E-state index in [9.17, 15) is 14.7 Å². The lowest BCUT2D eigenvalue weighted by Crippen LogP contribution is -2.08. The molecule has 0 radical (unpaired) electrons. The van der Waals surface area contributed by atoms with Gasteiger partial charge in [0.15, 0.2) is 11.1 Å². The third-order valence-corrected chi connectivity index (χ3v) is 7.27. The van der Waals surface area contributed by atoms with Crippen LogP contribution in [0.15, 0.2) is 69.9 Å². The summed E-state index contributed by atoms with van der Waals surface area (Å²) in [6, 6.07) is 19.4. The second kappa shape index (κ2) is 15.5. The molecule has 10 nitrogen and oxygen atoms in total. The van der Waals surface area contributed by atoms with E-state index in [0.29, 0.717) is 28.0 Å². The lowest BCUT2D eigenvalue weighted by Gasteiger charge is -2.06. The molecule has 0 unspecified atom stereocenters. The van der Waals surface area contributed by atoms with E-state index in [-0.39, 0.29) is 36.0 Å². The maximum atomic E-state index is 12.1. The van der Waals surface area contributed by atoms with Crippen molar-refractivity contribution in [3.05, 3.63) is 92.1 Å². The summed E-state index contributed by atoms with van der Waals surface area (Å²) < 4.78 is 20.7. The van der Waals surface area contributed by atoms with Crippen molar-refractivity contribution in [2.24, 2.45) is 0 Å². The Morgan fingerprint density at radius 2 is 1.17 bits per heavy atom. The molecule has 0 aliphatic heterocycles. The van der Waals surface area contributed by atoms with Crippen LogP contribution in [0.3, 0.4) is 0 Å². The maximum Gasteiger partial charge on any atom is 0.346 e. The van der Waals surface area contributed by atoms with Gasteiger partial charge in [-0.15, -0.1) is 10.2 Å². The summed E-state index contributed by atoms with van der Waals surface area (Å²) in [5.74, 6) is -1.10. The van der Waals surface area contributed by atoms with Crippen LogP contribution in [0.1, 0.15) is 78.5 Å². The minimum Gasteiger partial charge on any atom is -0.477 e. The van der Waals surface area contributed by atoms with E-state index in [1.807, 2.05) is 88.4 Å². The fourth-order valence-corrected chi connectivity index (χ4v) is 5.33. The number of ether oxygens (including phenoxy) is 3. The third-order valence-electron chi connectivity index (χ3n) is 5.75. The van der Waals surface area contributed by atoms with E-state index in [2.05, 4.69) is 42.1 Å². The van der Waals surface area contributed by atoms with Crippen LogP contribution in [-0.2, 0) is 18.0 Å². The summed E-state index contributed by atoms with van der Waals surface area (Å²) in [7, 11) is 0. The molecule has 42 heavy (non-hydrogen) atoms. The largest absolute Gasteiger partial charge is 0.477 e. The molecule has 2 aromatic carbocycles. The van der Waals surface area contributed by atoms with Crippen LogP contribution in [0, 0.1) is 0 Å². The Morgan fingerprint density at radius 1 is 0.762 bits per heavy atom. The number of carbonyl (C=O) groups is 2. The van der Waals surface area contributed by atoms with Gasteiger partial charge in [0.1, 0.15) is 22.4 Å². The molecule has 4 rings (SSSR count). The molecule has 4 aromatic rings. The first-order valence-electron chi connectivity index (χ1n) is 13.3. The summed E-state index contributed by atoms with van der Waals surface area (Å²) in [6.07, 6.45) is 0. The van der Waals surface area contributed by atoms with Gasteiger partial charge in [-0.05, 0) is 77.6 Å². The number of aromatic carboxylic acids is 1. The molecule has 2 aromatic heterocycles. The number of carboxylic acids is 1. The van der Waals surface area contributed by atoms with Crippen LogP contribution in [0.25, 0.3) is 0 Å². The predicted octanol–water partition coefficient (Wildman–Crippen LogP) is 7.49. The molecule has 0 saturated heterocycles. The van der Waals surface area contributed by atoms with Gasteiger partial charge in [0.2, 0.25) is 11.8 Å². The quantitative estimate of drug-likeness (QED) is 0.160. The monoisotopic (exact) mass is 704 g/mol. The number of nitrogens with zero attached hydrogens (tertiary/aromatic N) is 4. The van der Waals surface area contributed by atoms with Gasteiger partial charge in [-0.3, -0.25) is 9.36 Å². The lowest BCUT2D eigenvalue weighted by molar-refractivity contribution is 0.0519. The van der Waals surface area contributed by atoms with Crippen molar-refractivity contribution in [1.29, 1.82) is 0 Å². The van der Waals surface area contributed by atoms with Gasteiger partial charge >= 0.3 is 11.9 Å². The van der Waals surface area contributed by atoms with Crippen LogP contribution >= 0.6 is 31.9 Å². The predicted molar refractivity (Wildman–Crippen MR) is 165 cm³/mol. The number of esters is 1. The third kappa shape index (κ3) is 8.45. The Balaban J connectivity index is 0.000000231.